The van der Waals surface area contributed by atoms with Crippen LogP contribution >= 0.6 is 0 Å². The molecule has 10 heteroatoms. The van der Waals surface area contributed by atoms with Gasteiger partial charge >= 0.3 is 0 Å². The number of hydrogen-bond donors (Lipinski definition) is 6. The summed E-state index contributed by atoms with van der Waals surface area (Å²) in [6.07, 6.45) is 0.241. The summed E-state index contributed by atoms with van der Waals surface area (Å²) in [6.45, 7) is 4.84. The summed E-state index contributed by atoms with van der Waals surface area (Å²) in [5.74, 6) is -6.71. The highest BCUT2D eigenvalue weighted by molar-refractivity contribution is 6.25. The third kappa shape index (κ3) is 4.47. The second-order valence-electron chi connectivity index (χ2n) is 12.8. The number of likely N-dealkylation sites (N-methyl/N-ethyl adjacent to an activating group) is 1. The smallest absolute Gasteiger partial charge is 0.255 e. The average molecular weight is 612 g/mol. The largest absolute Gasteiger partial charge is 0.510 e. The minimum absolute atomic E-state index is 0.0112. The molecule has 0 unspecified atom stereocenters. The van der Waals surface area contributed by atoms with Crippen molar-refractivity contribution in [3.8, 4) is 16.9 Å². The average Bonchev–Trinajstić information content (AvgIpc) is 2.97. The fourth-order valence-corrected chi connectivity index (χ4v) is 7.57. The predicted molar refractivity (Wildman–Crippen MR) is 169 cm³/mol. The lowest BCUT2D eigenvalue weighted by atomic mass is 9.58. The SMILES string of the molecule is CC(C)NCc1ccc(-c2ccc(O)c3c2C[C@@H]2C[C@H]4[C@@H](N(C)C)C(O)=C(C(N)=O)C(=O)[C@@]4(O)C(O)=C2C3=O)c2ccccc12. The molecule has 0 fully saturated rings. The Bertz CT molecular complexity index is 1860. The van der Waals surface area contributed by atoms with Crippen molar-refractivity contribution in [2.75, 3.05) is 14.1 Å². The van der Waals surface area contributed by atoms with Crippen LogP contribution in [-0.4, -0.2) is 74.6 Å². The van der Waals surface area contributed by atoms with Gasteiger partial charge in [0.15, 0.2) is 11.4 Å². The molecule has 3 aromatic carbocycles. The third-order valence-corrected chi connectivity index (χ3v) is 9.61. The number of phenolic OH excluding ortho intramolecular Hbond substituents is 1. The fourth-order valence-electron chi connectivity index (χ4n) is 7.57. The Morgan fingerprint density at radius 1 is 1.02 bits per heavy atom. The number of nitrogens with one attached hydrogen (secondary N) is 1. The Balaban J connectivity index is 1.53. The third-order valence-electron chi connectivity index (χ3n) is 9.61. The van der Waals surface area contributed by atoms with Crippen molar-refractivity contribution in [3.05, 3.63) is 87.9 Å². The number of aliphatic hydroxyl groups excluding tert-OH is 2. The number of ketones is 2. The number of nitrogens with two attached hydrogens (primary N) is 1. The summed E-state index contributed by atoms with van der Waals surface area (Å²) in [5, 5.41) is 50.9. The molecule has 0 saturated heterocycles. The molecule has 3 aromatic rings. The van der Waals surface area contributed by atoms with E-state index >= 15 is 0 Å². The molecule has 10 nitrogen and oxygen atoms in total. The molecule has 7 N–H and O–H groups in total. The zero-order chi connectivity index (χ0) is 32.5. The number of carbonyl (C=O) groups excluding carboxylic acids is 3. The van der Waals surface area contributed by atoms with Gasteiger partial charge in [0.25, 0.3) is 5.91 Å². The molecular formula is C35H37N3O7. The number of benzene rings is 3. The Kier molecular flexibility index (Phi) is 7.35. The van der Waals surface area contributed by atoms with Gasteiger partial charge in [0.2, 0.25) is 5.78 Å². The van der Waals surface area contributed by atoms with Crippen LogP contribution in [-0.2, 0) is 22.6 Å². The van der Waals surface area contributed by atoms with Gasteiger partial charge in [-0.2, -0.15) is 0 Å². The lowest BCUT2D eigenvalue weighted by molar-refractivity contribution is -0.148. The number of carbonyl (C=O) groups is 3. The first-order valence-corrected chi connectivity index (χ1v) is 15.0. The second kappa shape index (κ2) is 10.8. The number of rotatable bonds is 6. The molecular weight excluding hydrogens is 574 g/mol. The summed E-state index contributed by atoms with van der Waals surface area (Å²) in [4.78, 5) is 41.5. The molecule has 234 valence electrons. The van der Waals surface area contributed by atoms with E-state index in [2.05, 4.69) is 31.3 Å². The van der Waals surface area contributed by atoms with Gasteiger partial charge in [-0.25, -0.2) is 0 Å². The van der Waals surface area contributed by atoms with Crippen LogP contribution in [0.25, 0.3) is 21.9 Å². The second-order valence-corrected chi connectivity index (χ2v) is 12.8. The van der Waals surface area contributed by atoms with Crippen molar-refractivity contribution in [3.63, 3.8) is 0 Å². The quantitative estimate of drug-likeness (QED) is 0.228. The normalized spacial score (nSPS) is 24.7. The van der Waals surface area contributed by atoms with Crippen LogP contribution in [0.4, 0.5) is 0 Å². The minimum atomic E-state index is -2.67. The van der Waals surface area contributed by atoms with Gasteiger partial charge in [-0.05, 0) is 71.9 Å². The summed E-state index contributed by atoms with van der Waals surface area (Å²) >= 11 is 0. The molecule has 45 heavy (non-hydrogen) atoms. The Labute approximate surface area is 260 Å². The van der Waals surface area contributed by atoms with Gasteiger partial charge < -0.3 is 31.5 Å². The Morgan fingerprint density at radius 2 is 1.69 bits per heavy atom. The van der Waals surface area contributed by atoms with Gasteiger partial charge in [-0.1, -0.05) is 56.3 Å². The van der Waals surface area contributed by atoms with Crippen LogP contribution < -0.4 is 11.1 Å². The predicted octanol–water partition coefficient (Wildman–Crippen LogP) is 3.44. The molecule has 3 aliphatic rings. The highest BCUT2D eigenvalue weighted by Crippen LogP contribution is 2.53. The summed E-state index contributed by atoms with van der Waals surface area (Å²) in [6, 6.07) is 14.5. The molecule has 3 aliphatic carbocycles. The van der Waals surface area contributed by atoms with E-state index in [0.717, 1.165) is 27.5 Å². The summed E-state index contributed by atoms with van der Waals surface area (Å²) < 4.78 is 0. The van der Waals surface area contributed by atoms with Gasteiger partial charge in [-0.15, -0.1) is 0 Å². The molecule has 0 saturated carbocycles. The van der Waals surface area contributed by atoms with E-state index in [9.17, 15) is 34.8 Å². The molecule has 0 aliphatic heterocycles. The molecule has 0 heterocycles. The van der Waals surface area contributed by atoms with E-state index in [1.165, 1.54) is 11.0 Å². The first kappa shape index (κ1) is 30.5. The number of nitrogens with zero attached hydrogens (tertiary/aromatic N) is 1. The Hall–Kier alpha value is -4.51. The van der Waals surface area contributed by atoms with Crippen LogP contribution in [0, 0.1) is 11.8 Å². The van der Waals surface area contributed by atoms with E-state index < -0.39 is 58.0 Å². The number of Topliss-reactive ketones (excluding diaryl/α,β-unsaturated/α-hetero) is 2. The van der Waals surface area contributed by atoms with E-state index in [1.807, 2.05) is 24.3 Å². The number of allylic oxidation sites excluding steroid dienone is 1. The maximum Gasteiger partial charge on any atom is 0.255 e. The van der Waals surface area contributed by atoms with Crippen molar-refractivity contribution in [2.24, 2.45) is 17.6 Å². The van der Waals surface area contributed by atoms with Crippen LogP contribution in [0.1, 0.15) is 41.8 Å². The molecule has 0 bridgehead atoms. The van der Waals surface area contributed by atoms with Gasteiger partial charge in [0.1, 0.15) is 22.8 Å². The summed E-state index contributed by atoms with van der Waals surface area (Å²) in [7, 11) is 3.21. The van der Waals surface area contributed by atoms with Crippen molar-refractivity contribution in [1.82, 2.24) is 10.2 Å². The number of aromatic hydroxyl groups is 1. The number of aliphatic hydroxyl groups is 3. The zero-order valence-corrected chi connectivity index (χ0v) is 25.6. The monoisotopic (exact) mass is 611 g/mol. The van der Waals surface area contributed by atoms with Crippen molar-refractivity contribution in [2.45, 2.75) is 50.9 Å². The zero-order valence-electron chi connectivity index (χ0n) is 25.6. The first-order valence-electron chi connectivity index (χ1n) is 15.0. The van der Waals surface area contributed by atoms with E-state index in [1.54, 1.807) is 20.2 Å². The molecule has 1 amide bonds. The van der Waals surface area contributed by atoms with Gasteiger partial charge in [0, 0.05) is 24.1 Å². The van der Waals surface area contributed by atoms with Crippen LogP contribution in [0.5, 0.6) is 5.75 Å². The highest BCUT2D eigenvalue weighted by atomic mass is 16.3. The van der Waals surface area contributed by atoms with Crippen molar-refractivity contribution < 1.29 is 34.8 Å². The Morgan fingerprint density at radius 3 is 2.33 bits per heavy atom. The fraction of sp³-hybridized carbons (Fsp3) is 0.343. The topological polar surface area (TPSA) is 173 Å². The van der Waals surface area contributed by atoms with E-state index in [-0.39, 0.29) is 29.7 Å². The lowest BCUT2D eigenvalue weighted by Crippen LogP contribution is -2.63. The molecule has 6 rings (SSSR count). The standard InChI is InChI=1S/C35H37N3O7/c1-16(2)37-15-17-9-10-21(20-8-6-5-7-19(17)20)22-11-12-25(39)27-23(22)13-18-14-24-29(38(3)4)31(41)28(34(36)44)33(43)35(24,45)32(42)26(18)30(27)40/h5-12,16,18,24,29,37,39,41-42,45H,13-15H2,1-4H3,(H2,36,44)/t18-,24+,29-,35+/m1/s1. The van der Waals surface area contributed by atoms with Gasteiger partial charge in [0.05, 0.1) is 11.6 Å². The lowest BCUT2D eigenvalue weighted by Gasteiger charge is -2.50. The number of fused-ring (bicyclic) bond motifs is 4. The van der Waals surface area contributed by atoms with E-state index in [4.69, 9.17) is 5.73 Å². The number of primary amides is 1. The molecule has 0 aromatic heterocycles. The molecule has 0 radical (unpaired) electrons. The van der Waals surface area contributed by atoms with Gasteiger partial charge in [-0.3, -0.25) is 19.3 Å². The minimum Gasteiger partial charge on any atom is -0.510 e. The first-order chi connectivity index (χ1) is 21.3. The van der Waals surface area contributed by atoms with Crippen molar-refractivity contribution >= 4 is 28.2 Å². The summed E-state index contributed by atoms with van der Waals surface area (Å²) in [5.41, 5.74) is 5.06. The van der Waals surface area contributed by atoms with Crippen molar-refractivity contribution in [1.29, 1.82) is 0 Å². The molecule has 4 atom stereocenters. The van der Waals surface area contributed by atoms with Crippen LogP contribution in [0.15, 0.2) is 71.2 Å². The van der Waals surface area contributed by atoms with Crippen LogP contribution in [0.2, 0.25) is 0 Å². The number of hydrogen-bond acceptors (Lipinski definition) is 9. The maximum atomic E-state index is 14.2. The molecule has 0 spiro atoms. The highest BCUT2D eigenvalue weighted by Gasteiger charge is 2.63. The number of amides is 1. The number of phenols is 1. The van der Waals surface area contributed by atoms with E-state index in [0.29, 0.717) is 18.2 Å². The van der Waals surface area contributed by atoms with Crippen LogP contribution in [0.3, 0.4) is 0 Å². The maximum absolute atomic E-state index is 14.2.